The first kappa shape index (κ1) is 28.1. The van der Waals surface area contributed by atoms with Gasteiger partial charge >= 0.3 is 0 Å². The molecule has 10 heteroatoms. The molecular weight excluding hydrogens is 476 g/mol. The third-order valence-electron chi connectivity index (χ3n) is 5.80. The number of aliphatic hydroxyl groups is 2. The van der Waals surface area contributed by atoms with Gasteiger partial charge in [-0.05, 0) is 61.4 Å². The molecule has 0 saturated heterocycles. The number of carbonyl (C=O) groups is 1. The van der Waals surface area contributed by atoms with Crippen molar-refractivity contribution in [2.24, 2.45) is 5.92 Å². The van der Waals surface area contributed by atoms with Crippen LogP contribution in [0.15, 0.2) is 28.8 Å². The van der Waals surface area contributed by atoms with Crippen molar-refractivity contribution in [3.63, 3.8) is 0 Å². The predicted octanol–water partition coefficient (Wildman–Crippen LogP) is 3.11. The Hall–Kier alpha value is -3.50. The highest BCUT2D eigenvalue weighted by Crippen LogP contribution is 2.32. The van der Waals surface area contributed by atoms with Crippen LogP contribution >= 0.6 is 0 Å². The van der Waals surface area contributed by atoms with E-state index in [1.807, 2.05) is 32.0 Å². The van der Waals surface area contributed by atoms with E-state index in [1.165, 1.54) is 0 Å². The number of pyridine rings is 1. The Kier molecular flexibility index (Phi) is 9.99. The van der Waals surface area contributed by atoms with Crippen LogP contribution in [0.5, 0.6) is 11.6 Å². The molecule has 37 heavy (non-hydrogen) atoms. The number of aryl methyl sites for hydroxylation is 3. The first-order valence-electron chi connectivity index (χ1n) is 12.4. The monoisotopic (exact) mass is 512 g/mol. The summed E-state index contributed by atoms with van der Waals surface area (Å²) in [4.78, 5) is 20.3. The number of ether oxygens (including phenoxy) is 2. The van der Waals surface area contributed by atoms with Crippen molar-refractivity contribution in [1.29, 1.82) is 0 Å². The number of aromatic nitrogens is 3. The molecule has 0 bridgehead atoms. The highest BCUT2D eigenvalue weighted by atomic mass is 16.5. The Morgan fingerprint density at radius 2 is 1.95 bits per heavy atom. The number of amides is 1. The summed E-state index contributed by atoms with van der Waals surface area (Å²) in [7, 11) is 1.58. The molecule has 1 aromatic carbocycles. The Morgan fingerprint density at radius 3 is 2.62 bits per heavy atom. The van der Waals surface area contributed by atoms with Gasteiger partial charge in [-0.15, -0.1) is 0 Å². The van der Waals surface area contributed by atoms with Crippen molar-refractivity contribution in [2.75, 3.05) is 26.9 Å². The summed E-state index contributed by atoms with van der Waals surface area (Å²) >= 11 is 0. The van der Waals surface area contributed by atoms with Gasteiger partial charge in [0.05, 0.1) is 7.11 Å². The Labute approximate surface area is 217 Å². The van der Waals surface area contributed by atoms with Gasteiger partial charge < -0.3 is 29.5 Å². The van der Waals surface area contributed by atoms with E-state index in [1.54, 1.807) is 13.2 Å². The van der Waals surface area contributed by atoms with E-state index >= 15 is 0 Å². The first-order chi connectivity index (χ1) is 17.7. The van der Waals surface area contributed by atoms with E-state index in [2.05, 4.69) is 34.3 Å². The number of benzene rings is 1. The molecule has 2 aromatic heterocycles. The molecule has 1 amide bonds. The Balaban J connectivity index is 1.80. The number of nitrogens with zero attached hydrogens (tertiary/aromatic N) is 3. The number of hydrogen-bond donors (Lipinski definition) is 3. The van der Waals surface area contributed by atoms with Gasteiger partial charge in [0.25, 0.3) is 5.89 Å². The van der Waals surface area contributed by atoms with Crippen LogP contribution in [-0.4, -0.2) is 64.2 Å². The molecule has 10 nitrogen and oxygen atoms in total. The lowest BCUT2D eigenvalue weighted by Gasteiger charge is -2.17. The summed E-state index contributed by atoms with van der Waals surface area (Å²) < 4.78 is 16.9. The summed E-state index contributed by atoms with van der Waals surface area (Å²) in [6, 6.07) is 7.59. The SMILES string of the molecule is CCc1cc(-c2noc(-c3cc(CCC(C)C)nc(OC)c3)n2)cc(C)c1OC[C@@H](O)CNC(=O)CO. The van der Waals surface area contributed by atoms with E-state index in [0.717, 1.165) is 40.8 Å². The standard InChI is InChI=1S/C27H36N4O6/c1-6-18-10-19(9-17(4)25(18)36-15-22(33)13-28-23(34)14-32)26-30-27(37-31-26)20-11-21(8-7-16(2)3)29-24(12-20)35-5/h9-12,16,22,32-33H,6-8,13-15H2,1-5H3,(H,28,34)/t22-/m0/s1. The number of carbonyl (C=O) groups excluding carboxylic acids is 1. The van der Waals surface area contributed by atoms with Gasteiger partial charge in [-0.1, -0.05) is 25.9 Å². The average Bonchev–Trinajstić information content (AvgIpc) is 3.39. The molecule has 200 valence electrons. The van der Waals surface area contributed by atoms with Crippen LogP contribution in [0, 0.1) is 12.8 Å². The summed E-state index contributed by atoms with van der Waals surface area (Å²) in [6.45, 7) is 7.63. The maximum absolute atomic E-state index is 11.2. The van der Waals surface area contributed by atoms with Gasteiger partial charge in [0.1, 0.15) is 25.1 Å². The molecule has 0 saturated carbocycles. The van der Waals surface area contributed by atoms with Crippen LogP contribution in [0.4, 0.5) is 0 Å². The fourth-order valence-corrected chi connectivity index (χ4v) is 3.78. The third-order valence-corrected chi connectivity index (χ3v) is 5.80. The highest BCUT2D eigenvalue weighted by Gasteiger charge is 2.17. The average molecular weight is 513 g/mol. The molecule has 0 fully saturated rings. The molecule has 0 aliphatic heterocycles. The topological polar surface area (TPSA) is 140 Å². The second-order valence-electron chi connectivity index (χ2n) is 9.31. The van der Waals surface area contributed by atoms with Crippen molar-refractivity contribution in [1.82, 2.24) is 20.4 Å². The molecule has 1 atom stereocenters. The van der Waals surface area contributed by atoms with Crippen LogP contribution in [0.1, 0.15) is 44.0 Å². The van der Waals surface area contributed by atoms with Crippen molar-refractivity contribution in [3.05, 3.63) is 41.1 Å². The lowest BCUT2D eigenvalue weighted by atomic mass is 10.0. The molecule has 3 rings (SSSR count). The van der Waals surface area contributed by atoms with Crippen molar-refractivity contribution < 1.29 is 29.0 Å². The lowest BCUT2D eigenvalue weighted by Crippen LogP contribution is -2.36. The fourth-order valence-electron chi connectivity index (χ4n) is 3.78. The first-order valence-corrected chi connectivity index (χ1v) is 12.4. The summed E-state index contributed by atoms with van der Waals surface area (Å²) in [6.07, 6.45) is 1.61. The minimum absolute atomic E-state index is 0.00568. The van der Waals surface area contributed by atoms with Gasteiger partial charge in [0.2, 0.25) is 17.6 Å². The maximum Gasteiger partial charge on any atom is 0.258 e. The van der Waals surface area contributed by atoms with Crippen molar-refractivity contribution in [2.45, 2.75) is 53.1 Å². The number of methoxy groups -OCH3 is 1. The highest BCUT2D eigenvalue weighted by molar-refractivity contribution is 5.76. The van der Waals surface area contributed by atoms with E-state index in [-0.39, 0.29) is 13.2 Å². The zero-order valence-corrected chi connectivity index (χ0v) is 22.1. The molecule has 0 aliphatic carbocycles. The minimum Gasteiger partial charge on any atom is -0.490 e. The molecule has 3 aromatic rings. The van der Waals surface area contributed by atoms with Crippen LogP contribution in [0.3, 0.4) is 0 Å². The van der Waals surface area contributed by atoms with Gasteiger partial charge in [-0.3, -0.25) is 4.79 Å². The number of rotatable bonds is 13. The second-order valence-corrected chi connectivity index (χ2v) is 9.31. The zero-order valence-electron chi connectivity index (χ0n) is 22.1. The quantitative estimate of drug-likeness (QED) is 0.315. The van der Waals surface area contributed by atoms with Crippen LogP contribution in [-0.2, 0) is 17.6 Å². The van der Waals surface area contributed by atoms with E-state index in [4.69, 9.17) is 19.1 Å². The van der Waals surface area contributed by atoms with Crippen molar-refractivity contribution in [3.8, 4) is 34.5 Å². The second kappa shape index (κ2) is 13.2. The molecule has 0 unspecified atom stereocenters. The van der Waals surface area contributed by atoms with Crippen LogP contribution in [0.2, 0.25) is 0 Å². The molecular formula is C27H36N4O6. The minimum atomic E-state index is -0.915. The number of aliphatic hydroxyl groups excluding tert-OH is 2. The summed E-state index contributed by atoms with van der Waals surface area (Å²) in [5.41, 5.74) is 4.22. The molecule has 0 aliphatic rings. The Morgan fingerprint density at radius 1 is 1.16 bits per heavy atom. The molecule has 3 N–H and O–H groups in total. The van der Waals surface area contributed by atoms with Crippen LogP contribution < -0.4 is 14.8 Å². The van der Waals surface area contributed by atoms with Crippen LogP contribution in [0.25, 0.3) is 22.8 Å². The van der Waals surface area contributed by atoms with Gasteiger partial charge in [-0.2, -0.15) is 4.98 Å². The predicted molar refractivity (Wildman–Crippen MR) is 138 cm³/mol. The van der Waals surface area contributed by atoms with E-state index < -0.39 is 18.6 Å². The maximum atomic E-state index is 11.2. The lowest BCUT2D eigenvalue weighted by molar-refractivity contribution is -0.124. The smallest absolute Gasteiger partial charge is 0.258 e. The van der Waals surface area contributed by atoms with Gasteiger partial charge in [0, 0.05) is 29.4 Å². The summed E-state index contributed by atoms with van der Waals surface area (Å²) in [5, 5.41) is 25.5. The Bertz CT molecular complexity index is 1190. The molecule has 2 heterocycles. The van der Waals surface area contributed by atoms with E-state index in [0.29, 0.717) is 35.7 Å². The van der Waals surface area contributed by atoms with Gasteiger partial charge in [-0.25, -0.2) is 4.98 Å². The largest absolute Gasteiger partial charge is 0.490 e. The van der Waals surface area contributed by atoms with E-state index in [9.17, 15) is 9.90 Å². The third kappa shape index (κ3) is 7.74. The van der Waals surface area contributed by atoms with Crippen molar-refractivity contribution >= 4 is 5.91 Å². The molecule has 0 radical (unpaired) electrons. The summed E-state index contributed by atoms with van der Waals surface area (Å²) in [5.74, 6) is 2.00. The zero-order chi connectivity index (χ0) is 26.9. The van der Waals surface area contributed by atoms with Gasteiger partial charge in [0.15, 0.2) is 0 Å². The normalized spacial score (nSPS) is 12.0. The molecule has 0 spiro atoms. The number of hydrogen-bond acceptors (Lipinski definition) is 9. The number of nitrogens with one attached hydrogen (secondary N) is 1. The fraction of sp³-hybridized carbons (Fsp3) is 0.481.